The number of thiophene rings is 1. The van der Waals surface area contributed by atoms with Crippen LogP contribution in [0.3, 0.4) is 0 Å². The monoisotopic (exact) mass is 412 g/mol. The second-order valence-corrected chi connectivity index (χ2v) is 8.12. The van der Waals surface area contributed by atoms with Crippen molar-refractivity contribution in [1.82, 2.24) is 4.98 Å². The van der Waals surface area contributed by atoms with Gasteiger partial charge < -0.3 is 4.74 Å². The van der Waals surface area contributed by atoms with Crippen LogP contribution in [0.5, 0.6) is 0 Å². The molecule has 3 aromatic rings. The topological polar surface area (TPSA) is 63.0 Å². The van der Waals surface area contributed by atoms with Crippen LogP contribution in [0, 0.1) is 17.1 Å². The minimum atomic E-state index is -0.515. The van der Waals surface area contributed by atoms with Crippen LogP contribution in [0.15, 0.2) is 52.9 Å². The predicted molar refractivity (Wildman–Crippen MR) is 110 cm³/mol. The highest BCUT2D eigenvalue weighted by Crippen LogP contribution is 2.36. The molecule has 0 fully saturated rings. The lowest BCUT2D eigenvalue weighted by Crippen LogP contribution is -2.17. The fourth-order valence-corrected chi connectivity index (χ4v) is 4.21. The number of rotatable bonds is 6. The van der Waals surface area contributed by atoms with Crippen LogP contribution in [0.2, 0.25) is 0 Å². The van der Waals surface area contributed by atoms with E-state index < -0.39 is 5.25 Å². The first kappa shape index (κ1) is 20.1. The molecule has 0 aliphatic heterocycles. The molecule has 3 rings (SSSR count). The number of aromatic nitrogens is 1. The number of nitriles is 1. The Labute approximate surface area is 171 Å². The van der Waals surface area contributed by atoms with Crippen molar-refractivity contribution >= 4 is 29.1 Å². The van der Waals surface area contributed by atoms with Crippen LogP contribution in [0.1, 0.15) is 19.4 Å². The van der Waals surface area contributed by atoms with Crippen LogP contribution in [-0.4, -0.2) is 22.8 Å². The van der Waals surface area contributed by atoms with Crippen molar-refractivity contribution in [2.24, 2.45) is 0 Å². The summed E-state index contributed by atoms with van der Waals surface area (Å²) < 4.78 is 18.4. The zero-order valence-electron chi connectivity index (χ0n) is 15.3. The molecule has 7 heteroatoms. The number of halogens is 1. The Bertz CT molecular complexity index is 1010. The van der Waals surface area contributed by atoms with Gasteiger partial charge in [-0.25, -0.2) is 9.37 Å². The molecule has 0 bridgehead atoms. The predicted octanol–water partition coefficient (Wildman–Crippen LogP) is 5.53. The van der Waals surface area contributed by atoms with E-state index in [0.717, 1.165) is 4.88 Å². The summed E-state index contributed by atoms with van der Waals surface area (Å²) in [6.07, 6.45) is 0. The Kier molecular flexibility index (Phi) is 6.45. The van der Waals surface area contributed by atoms with Crippen molar-refractivity contribution in [2.75, 3.05) is 6.61 Å². The van der Waals surface area contributed by atoms with E-state index in [2.05, 4.69) is 11.1 Å². The first-order valence-electron chi connectivity index (χ1n) is 8.61. The van der Waals surface area contributed by atoms with Gasteiger partial charge in [0, 0.05) is 5.56 Å². The first-order valence-corrected chi connectivity index (χ1v) is 10.4. The van der Waals surface area contributed by atoms with Crippen LogP contribution in [-0.2, 0) is 9.53 Å². The summed E-state index contributed by atoms with van der Waals surface area (Å²) in [5.41, 5.74) is 2.42. The van der Waals surface area contributed by atoms with Crippen molar-refractivity contribution in [1.29, 1.82) is 5.26 Å². The number of carbonyl (C=O) groups is 1. The maximum Gasteiger partial charge on any atom is 0.319 e. The molecular formula is C21H17FN2O2S2. The van der Waals surface area contributed by atoms with Crippen molar-refractivity contribution in [3.05, 3.63) is 59.2 Å². The highest BCUT2D eigenvalue weighted by atomic mass is 32.2. The summed E-state index contributed by atoms with van der Waals surface area (Å²) in [5, 5.41) is 11.7. The van der Waals surface area contributed by atoms with Gasteiger partial charge in [-0.1, -0.05) is 30.0 Å². The molecule has 0 radical (unpaired) electrons. The minimum Gasteiger partial charge on any atom is -0.465 e. The number of hydrogen-bond donors (Lipinski definition) is 0. The van der Waals surface area contributed by atoms with Gasteiger partial charge in [0.25, 0.3) is 0 Å². The molecule has 0 spiro atoms. The third-order valence-electron chi connectivity index (χ3n) is 3.93. The SMILES string of the molecule is CCOC(=O)[C@H](C)Sc1nc(-c2cccs2)cc(-c2ccc(F)cc2)c1C#N. The van der Waals surface area contributed by atoms with Crippen molar-refractivity contribution in [3.63, 3.8) is 0 Å². The zero-order valence-corrected chi connectivity index (χ0v) is 16.9. The van der Waals surface area contributed by atoms with Gasteiger partial charge in [0.15, 0.2) is 0 Å². The van der Waals surface area contributed by atoms with E-state index in [-0.39, 0.29) is 11.8 Å². The third kappa shape index (κ3) is 4.41. The van der Waals surface area contributed by atoms with Crippen molar-refractivity contribution in [2.45, 2.75) is 24.1 Å². The van der Waals surface area contributed by atoms with E-state index >= 15 is 0 Å². The number of ether oxygens (including phenoxy) is 1. The molecule has 2 heterocycles. The summed E-state index contributed by atoms with van der Waals surface area (Å²) in [5.74, 6) is -0.705. The fraction of sp³-hybridized carbons (Fsp3) is 0.190. The standard InChI is InChI=1S/C21H17FN2O2S2/c1-3-26-21(25)13(2)28-20-17(12-23)16(14-6-8-15(22)9-7-14)11-18(24-20)19-5-4-10-27-19/h4-11,13H,3H2,1-2H3/t13-/m0/s1. The summed E-state index contributed by atoms with van der Waals surface area (Å²) >= 11 is 2.72. The van der Waals surface area contributed by atoms with E-state index in [1.165, 1.54) is 35.2 Å². The Balaban J connectivity index is 2.13. The highest BCUT2D eigenvalue weighted by molar-refractivity contribution is 8.00. The average Bonchev–Trinajstić information content (AvgIpc) is 3.23. The molecule has 4 nitrogen and oxygen atoms in total. The normalized spacial score (nSPS) is 11.6. The molecule has 28 heavy (non-hydrogen) atoms. The number of benzene rings is 1. The zero-order chi connectivity index (χ0) is 20.1. The molecule has 2 aromatic heterocycles. The summed E-state index contributed by atoms with van der Waals surface area (Å²) in [6, 6.07) is 13.9. The van der Waals surface area contributed by atoms with E-state index in [1.54, 1.807) is 26.0 Å². The number of hydrogen-bond acceptors (Lipinski definition) is 6. The van der Waals surface area contributed by atoms with Crippen LogP contribution >= 0.6 is 23.1 Å². The second kappa shape index (κ2) is 9.00. The van der Waals surface area contributed by atoms with Gasteiger partial charge in [-0.3, -0.25) is 4.79 Å². The van der Waals surface area contributed by atoms with Gasteiger partial charge in [0.2, 0.25) is 0 Å². The smallest absolute Gasteiger partial charge is 0.319 e. The molecular weight excluding hydrogens is 395 g/mol. The summed E-state index contributed by atoms with van der Waals surface area (Å²) in [6.45, 7) is 3.76. The quantitative estimate of drug-likeness (QED) is 0.393. The Morgan fingerprint density at radius 1 is 1.36 bits per heavy atom. The fourth-order valence-electron chi connectivity index (χ4n) is 2.60. The lowest BCUT2D eigenvalue weighted by molar-refractivity contribution is -0.142. The largest absolute Gasteiger partial charge is 0.465 e. The Morgan fingerprint density at radius 3 is 2.71 bits per heavy atom. The molecule has 0 saturated carbocycles. The van der Waals surface area contributed by atoms with Gasteiger partial charge >= 0.3 is 5.97 Å². The van der Waals surface area contributed by atoms with Gasteiger partial charge in [-0.15, -0.1) is 11.3 Å². The van der Waals surface area contributed by atoms with Gasteiger partial charge in [-0.05, 0) is 49.1 Å². The molecule has 0 aliphatic rings. The van der Waals surface area contributed by atoms with E-state index in [1.807, 2.05) is 23.6 Å². The van der Waals surface area contributed by atoms with E-state index in [9.17, 15) is 14.4 Å². The Morgan fingerprint density at radius 2 is 2.11 bits per heavy atom. The summed E-state index contributed by atoms with van der Waals surface area (Å²) in [4.78, 5) is 17.6. The number of thioether (sulfide) groups is 1. The lowest BCUT2D eigenvalue weighted by atomic mass is 10.0. The molecule has 0 saturated heterocycles. The third-order valence-corrected chi connectivity index (χ3v) is 5.89. The molecule has 1 aromatic carbocycles. The highest BCUT2D eigenvalue weighted by Gasteiger charge is 2.22. The number of nitrogens with zero attached hydrogens (tertiary/aromatic N) is 2. The Hall–Kier alpha value is -2.69. The molecule has 0 unspecified atom stereocenters. The number of pyridine rings is 1. The van der Waals surface area contributed by atoms with E-state index in [4.69, 9.17) is 4.74 Å². The van der Waals surface area contributed by atoms with Crippen molar-refractivity contribution < 1.29 is 13.9 Å². The van der Waals surface area contributed by atoms with Crippen LogP contribution in [0.4, 0.5) is 4.39 Å². The number of carbonyl (C=O) groups excluding carboxylic acids is 1. The molecule has 142 valence electrons. The second-order valence-electron chi connectivity index (χ2n) is 5.84. The van der Waals surface area contributed by atoms with Crippen LogP contribution < -0.4 is 0 Å². The van der Waals surface area contributed by atoms with Crippen LogP contribution in [0.25, 0.3) is 21.7 Å². The number of esters is 1. The minimum absolute atomic E-state index is 0.290. The molecule has 1 atom stereocenters. The average molecular weight is 413 g/mol. The first-order chi connectivity index (χ1) is 13.5. The lowest BCUT2D eigenvalue weighted by Gasteiger charge is -2.14. The summed E-state index contributed by atoms with van der Waals surface area (Å²) in [7, 11) is 0. The van der Waals surface area contributed by atoms with Gasteiger partial charge in [0.05, 0.1) is 22.7 Å². The molecule has 0 aliphatic carbocycles. The molecule has 0 amide bonds. The molecule has 0 N–H and O–H groups in total. The van der Waals surface area contributed by atoms with Gasteiger partial charge in [-0.2, -0.15) is 5.26 Å². The maximum atomic E-state index is 13.4. The maximum absolute atomic E-state index is 13.4. The van der Waals surface area contributed by atoms with E-state index in [0.29, 0.717) is 34.0 Å². The van der Waals surface area contributed by atoms with Crippen molar-refractivity contribution in [3.8, 4) is 27.8 Å². The van der Waals surface area contributed by atoms with Gasteiger partial charge in [0.1, 0.15) is 22.2 Å².